The van der Waals surface area contributed by atoms with Crippen molar-refractivity contribution in [1.82, 2.24) is 10.2 Å². The molecule has 0 saturated carbocycles. The van der Waals surface area contributed by atoms with Gasteiger partial charge >= 0.3 is 0 Å². The minimum Gasteiger partial charge on any atom is -0.347 e. The summed E-state index contributed by atoms with van der Waals surface area (Å²) in [6.07, 6.45) is 0. The first kappa shape index (κ1) is 15.9. The molecule has 20 heavy (non-hydrogen) atoms. The number of amides is 2. The Hall–Kier alpha value is -2.15. The molecule has 0 aliphatic heterocycles. The molecule has 8 heteroatoms. The van der Waals surface area contributed by atoms with Crippen LogP contribution in [0.5, 0.6) is 0 Å². The first-order chi connectivity index (χ1) is 9.25. The average Bonchev–Trinajstić information content (AvgIpc) is 2.37. The molecule has 1 rings (SSSR count). The lowest BCUT2D eigenvalue weighted by atomic mass is 10.1. The summed E-state index contributed by atoms with van der Waals surface area (Å²) in [5, 5.41) is 12.9. The molecule has 0 fully saturated rings. The van der Waals surface area contributed by atoms with Gasteiger partial charge in [-0.05, 0) is 13.0 Å². The lowest BCUT2D eigenvalue weighted by molar-refractivity contribution is -0.384. The molecule has 0 saturated heterocycles. The van der Waals surface area contributed by atoms with Gasteiger partial charge in [0, 0.05) is 20.2 Å². The van der Waals surface area contributed by atoms with Gasteiger partial charge in [-0.15, -0.1) is 0 Å². The molecule has 0 radical (unpaired) electrons. The standard InChI is InChI=1S/C12H14ClN3O4/c1-7(12(18)15(2)3)14-11(17)8-5-4-6-9(10(8)13)16(19)20/h4-7H,1-3H3,(H,14,17). The fourth-order valence-corrected chi connectivity index (χ4v) is 1.84. The number of carbonyl (C=O) groups excluding carboxylic acids is 2. The van der Waals surface area contributed by atoms with Crippen LogP contribution in [0.15, 0.2) is 18.2 Å². The van der Waals surface area contributed by atoms with E-state index in [1.165, 1.54) is 30.0 Å². The van der Waals surface area contributed by atoms with E-state index in [0.717, 1.165) is 0 Å². The quantitative estimate of drug-likeness (QED) is 0.673. The minimum absolute atomic E-state index is 0.0423. The van der Waals surface area contributed by atoms with E-state index >= 15 is 0 Å². The monoisotopic (exact) mass is 299 g/mol. The molecule has 1 aromatic carbocycles. The number of nitro groups is 1. The van der Waals surface area contributed by atoms with Crippen LogP contribution in [0.3, 0.4) is 0 Å². The zero-order valence-corrected chi connectivity index (χ0v) is 12.0. The van der Waals surface area contributed by atoms with Crippen molar-refractivity contribution in [3.05, 3.63) is 38.9 Å². The zero-order valence-electron chi connectivity index (χ0n) is 11.2. The maximum atomic E-state index is 12.0. The second kappa shape index (κ2) is 6.33. The van der Waals surface area contributed by atoms with Gasteiger partial charge in [-0.2, -0.15) is 0 Å². The molecule has 0 aromatic heterocycles. The Bertz CT molecular complexity index is 560. The number of nitrogens with zero attached hydrogens (tertiary/aromatic N) is 2. The van der Waals surface area contributed by atoms with Crippen LogP contribution in [0, 0.1) is 10.1 Å². The molecule has 0 aliphatic carbocycles. The highest BCUT2D eigenvalue weighted by atomic mass is 35.5. The topological polar surface area (TPSA) is 92.5 Å². The van der Waals surface area contributed by atoms with Gasteiger partial charge in [0.05, 0.1) is 10.5 Å². The Kier molecular flexibility index (Phi) is 5.04. The predicted molar refractivity (Wildman–Crippen MR) is 73.7 cm³/mol. The maximum absolute atomic E-state index is 12.0. The van der Waals surface area contributed by atoms with Gasteiger partial charge in [-0.1, -0.05) is 17.7 Å². The number of rotatable bonds is 4. The van der Waals surface area contributed by atoms with E-state index in [9.17, 15) is 19.7 Å². The molecule has 0 bridgehead atoms. The van der Waals surface area contributed by atoms with Crippen LogP contribution in [0.2, 0.25) is 5.02 Å². The molecule has 108 valence electrons. The van der Waals surface area contributed by atoms with Crippen molar-refractivity contribution in [3.8, 4) is 0 Å². The molecule has 0 aliphatic rings. The van der Waals surface area contributed by atoms with E-state index in [1.54, 1.807) is 14.1 Å². The Morgan fingerprint density at radius 2 is 2.00 bits per heavy atom. The largest absolute Gasteiger partial charge is 0.347 e. The van der Waals surface area contributed by atoms with E-state index in [1.807, 2.05) is 0 Å². The molecular formula is C12H14ClN3O4. The van der Waals surface area contributed by atoms with E-state index in [4.69, 9.17) is 11.6 Å². The average molecular weight is 300 g/mol. The van der Waals surface area contributed by atoms with Gasteiger partial charge in [0.2, 0.25) is 5.91 Å². The fraction of sp³-hybridized carbons (Fsp3) is 0.333. The van der Waals surface area contributed by atoms with Crippen molar-refractivity contribution in [2.75, 3.05) is 14.1 Å². The SMILES string of the molecule is CC(NC(=O)c1cccc([N+](=O)[O-])c1Cl)C(=O)N(C)C. The molecule has 1 unspecified atom stereocenters. The zero-order chi connectivity index (χ0) is 15.4. The number of hydrogen-bond acceptors (Lipinski definition) is 4. The van der Waals surface area contributed by atoms with Crippen LogP contribution in [0.1, 0.15) is 17.3 Å². The number of likely N-dealkylation sites (N-methyl/N-ethyl adjacent to an activating group) is 1. The van der Waals surface area contributed by atoms with Gasteiger partial charge in [0.1, 0.15) is 11.1 Å². The normalized spacial score (nSPS) is 11.6. The van der Waals surface area contributed by atoms with Gasteiger partial charge in [0.15, 0.2) is 0 Å². The molecular weight excluding hydrogens is 286 g/mol. The number of carbonyl (C=O) groups is 2. The van der Waals surface area contributed by atoms with Crippen molar-refractivity contribution < 1.29 is 14.5 Å². The van der Waals surface area contributed by atoms with Crippen molar-refractivity contribution in [2.45, 2.75) is 13.0 Å². The summed E-state index contributed by atoms with van der Waals surface area (Å²) in [5.74, 6) is -0.929. The second-order valence-electron chi connectivity index (χ2n) is 4.32. The van der Waals surface area contributed by atoms with Crippen LogP contribution >= 0.6 is 11.6 Å². The Morgan fingerprint density at radius 3 is 2.50 bits per heavy atom. The number of halogens is 1. The number of hydrogen-bond donors (Lipinski definition) is 1. The molecule has 1 atom stereocenters. The fourth-order valence-electron chi connectivity index (χ4n) is 1.56. The minimum atomic E-state index is -0.757. The lowest BCUT2D eigenvalue weighted by Crippen LogP contribution is -2.44. The van der Waals surface area contributed by atoms with Crippen LogP contribution in [-0.4, -0.2) is 41.8 Å². The summed E-state index contributed by atoms with van der Waals surface area (Å²) in [5.41, 5.74) is -0.398. The number of benzene rings is 1. The summed E-state index contributed by atoms with van der Waals surface area (Å²) in [6, 6.07) is 3.16. The van der Waals surface area contributed by atoms with Crippen molar-refractivity contribution in [3.63, 3.8) is 0 Å². The smallest absolute Gasteiger partial charge is 0.288 e. The highest BCUT2D eigenvalue weighted by molar-refractivity contribution is 6.35. The third kappa shape index (κ3) is 3.45. The summed E-state index contributed by atoms with van der Waals surface area (Å²) in [7, 11) is 3.12. The van der Waals surface area contributed by atoms with E-state index in [-0.39, 0.29) is 22.2 Å². The molecule has 7 nitrogen and oxygen atoms in total. The Balaban J connectivity index is 2.97. The Morgan fingerprint density at radius 1 is 1.40 bits per heavy atom. The molecule has 1 N–H and O–H groups in total. The second-order valence-corrected chi connectivity index (χ2v) is 4.70. The number of nitrogens with one attached hydrogen (secondary N) is 1. The van der Waals surface area contributed by atoms with Gasteiger partial charge < -0.3 is 10.2 Å². The van der Waals surface area contributed by atoms with Crippen LogP contribution in [-0.2, 0) is 4.79 Å². The molecule has 2 amide bonds. The summed E-state index contributed by atoms with van der Waals surface area (Å²) in [4.78, 5) is 35.0. The van der Waals surface area contributed by atoms with Gasteiger partial charge in [-0.3, -0.25) is 19.7 Å². The van der Waals surface area contributed by atoms with Crippen molar-refractivity contribution in [1.29, 1.82) is 0 Å². The molecule has 1 aromatic rings. The summed E-state index contributed by atoms with van der Waals surface area (Å²) >= 11 is 5.83. The van der Waals surface area contributed by atoms with Crippen LogP contribution in [0.4, 0.5) is 5.69 Å². The highest BCUT2D eigenvalue weighted by Crippen LogP contribution is 2.27. The third-order valence-electron chi connectivity index (χ3n) is 2.58. The van der Waals surface area contributed by atoms with Gasteiger partial charge in [0.25, 0.3) is 11.6 Å². The maximum Gasteiger partial charge on any atom is 0.288 e. The third-order valence-corrected chi connectivity index (χ3v) is 2.98. The molecule has 0 heterocycles. The summed E-state index contributed by atoms with van der Waals surface area (Å²) < 4.78 is 0. The van der Waals surface area contributed by atoms with E-state index in [0.29, 0.717) is 0 Å². The van der Waals surface area contributed by atoms with Crippen LogP contribution < -0.4 is 5.32 Å². The van der Waals surface area contributed by atoms with Crippen molar-refractivity contribution >= 4 is 29.1 Å². The Labute approximate surface area is 120 Å². The molecule has 0 spiro atoms. The van der Waals surface area contributed by atoms with E-state index < -0.39 is 16.9 Å². The van der Waals surface area contributed by atoms with Gasteiger partial charge in [-0.25, -0.2) is 0 Å². The first-order valence-corrected chi connectivity index (χ1v) is 6.08. The first-order valence-electron chi connectivity index (χ1n) is 5.70. The van der Waals surface area contributed by atoms with Crippen LogP contribution in [0.25, 0.3) is 0 Å². The summed E-state index contributed by atoms with van der Waals surface area (Å²) in [6.45, 7) is 1.52. The lowest BCUT2D eigenvalue weighted by Gasteiger charge is -2.18. The van der Waals surface area contributed by atoms with Crippen molar-refractivity contribution in [2.24, 2.45) is 0 Å². The number of nitro benzene ring substituents is 1. The highest BCUT2D eigenvalue weighted by Gasteiger charge is 2.23. The van der Waals surface area contributed by atoms with E-state index in [2.05, 4.69) is 5.32 Å². The predicted octanol–water partition coefficient (Wildman–Crippen LogP) is 1.45.